The van der Waals surface area contributed by atoms with Crippen LogP contribution in [-0.2, 0) is 16.1 Å². The summed E-state index contributed by atoms with van der Waals surface area (Å²) in [6.07, 6.45) is 8.19. The van der Waals surface area contributed by atoms with E-state index in [1.54, 1.807) is 27.5 Å². The van der Waals surface area contributed by atoms with E-state index >= 15 is 0 Å². The summed E-state index contributed by atoms with van der Waals surface area (Å²) < 4.78 is 25.5. The predicted molar refractivity (Wildman–Crippen MR) is 214 cm³/mol. The van der Waals surface area contributed by atoms with Crippen molar-refractivity contribution in [1.82, 2.24) is 34.9 Å². The molecule has 5 heterocycles. The average molecular weight is 810 g/mol. The molecule has 0 saturated carbocycles. The number of hydrogen-bond donors (Lipinski definition) is 3. The molecular formula is C37H50BrN10O4P. The van der Waals surface area contributed by atoms with E-state index in [-0.39, 0.29) is 0 Å². The highest BCUT2D eigenvalue weighted by molar-refractivity contribution is 9.10. The number of aryl methyl sites for hydroxylation is 2. The van der Waals surface area contributed by atoms with Crippen molar-refractivity contribution in [3.63, 3.8) is 0 Å². The van der Waals surface area contributed by atoms with Gasteiger partial charge in [-0.05, 0) is 65.9 Å². The summed E-state index contributed by atoms with van der Waals surface area (Å²) >= 11 is 3.63. The van der Waals surface area contributed by atoms with E-state index in [0.717, 1.165) is 84.6 Å². The summed E-state index contributed by atoms with van der Waals surface area (Å²) in [5, 5.41) is 14.8. The third-order valence-corrected chi connectivity index (χ3v) is 12.2. The molecule has 3 aliphatic heterocycles. The van der Waals surface area contributed by atoms with Crippen LogP contribution in [0.15, 0.2) is 47.3 Å². The molecule has 4 aromatic rings. The quantitative estimate of drug-likeness (QED) is 0.133. The van der Waals surface area contributed by atoms with E-state index in [9.17, 15) is 0 Å². The van der Waals surface area contributed by atoms with E-state index < -0.39 is 8.60 Å². The molecule has 2 aromatic carbocycles. The molecule has 7 rings (SSSR count). The zero-order valence-corrected chi connectivity index (χ0v) is 33.8. The van der Waals surface area contributed by atoms with Crippen LogP contribution in [-0.4, -0.2) is 115 Å². The number of rotatable bonds is 13. The van der Waals surface area contributed by atoms with Crippen LogP contribution in [0.2, 0.25) is 0 Å². The molecule has 0 bridgehead atoms. The second-order valence-corrected chi connectivity index (χ2v) is 16.0. The van der Waals surface area contributed by atoms with Gasteiger partial charge in [0.25, 0.3) is 0 Å². The second-order valence-electron chi connectivity index (χ2n) is 13.8. The van der Waals surface area contributed by atoms with Gasteiger partial charge < -0.3 is 39.2 Å². The van der Waals surface area contributed by atoms with Crippen LogP contribution in [0.5, 0.6) is 11.5 Å². The maximum absolute atomic E-state index is 6.15. The molecular weight excluding hydrogens is 759 g/mol. The van der Waals surface area contributed by atoms with Crippen LogP contribution in [0.25, 0.3) is 11.1 Å². The third kappa shape index (κ3) is 8.41. The Morgan fingerprint density at radius 2 is 1.62 bits per heavy atom. The van der Waals surface area contributed by atoms with Gasteiger partial charge in [0.2, 0.25) is 5.95 Å². The Kier molecular flexibility index (Phi) is 12.0. The number of nitrogens with zero attached hydrogens (tertiary/aromatic N) is 7. The summed E-state index contributed by atoms with van der Waals surface area (Å²) in [7, 11) is 5.20. The molecule has 0 amide bonds. The second kappa shape index (κ2) is 16.8. The minimum absolute atomic E-state index is 0.398. The lowest BCUT2D eigenvalue weighted by Crippen LogP contribution is -2.60. The Labute approximate surface area is 321 Å². The fourth-order valence-electron chi connectivity index (χ4n) is 7.36. The first-order valence-electron chi connectivity index (χ1n) is 18.1. The first kappa shape index (κ1) is 37.7. The van der Waals surface area contributed by atoms with Gasteiger partial charge in [-0.3, -0.25) is 14.5 Å². The number of benzene rings is 2. The molecule has 0 aliphatic carbocycles. The number of anilines is 5. The van der Waals surface area contributed by atoms with Gasteiger partial charge in [0.15, 0.2) is 5.75 Å². The monoisotopic (exact) mass is 808 g/mol. The first-order valence-corrected chi connectivity index (χ1v) is 20.0. The summed E-state index contributed by atoms with van der Waals surface area (Å²) in [5.74, 6) is 2.29. The van der Waals surface area contributed by atoms with Crippen LogP contribution in [0.3, 0.4) is 0 Å². The molecule has 3 aliphatic rings. The molecule has 0 spiro atoms. The number of likely N-dealkylation sites (tertiary alicyclic amines) is 1. The van der Waals surface area contributed by atoms with Gasteiger partial charge in [-0.15, -0.1) is 0 Å². The van der Waals surface area contributed by atoms with Gasteiger partial charge in [-0.1, -0.05) is 6.07 Å². The number of methoxy groups -OCH3 is 1. The molecule has 0 atom stereocenters. The zero-order chi connectivity index (χ0) is 37.1. The van der Waals surface area contributed by atoms with Gasteiger partial charge in [0, 0.05) is 121 Å². The Balaban J connectivity index is 1.11. The standard InChI is InChI=1S/C37H50BrN10O4P/c1-24-7-8-31(35(25(24)2)52-53(50-5)51-6)42-36-30(38)22-40-37(44-36)43-32-17-29(26-19-41-45(3)23-26)33(18-34(32)49-4)48-15-13-47(14-16-48)27-9-11-46(12-10-27)28-20-39-21-28/h7-8,17-19,22-23,27-28,39H,9-16,20-21H2,1-6H3,(H2,40,42,43,44). The minimum atomic E-state index is -1.57. The maximum Gasteiger partial charge on any atom is 0.396 e. The number of aromatic nitrogens is 4. The number of piperidine rings is 1. The van der Waals surface area contributed by atoms with E-state index in [0.29, 0.717) is 33.8 Å². The summed E-state index contributed by atoms with van der Waals surface area (Å²) in [6, 6.07) is 9.64. The smallest absolute Gasteiger partial charge is 0.396 e. The van der Waals surface area contributed by atoms with Crippen molar-refractivity contribution < 1.29 is 18.3 Å². The first-order chi connectivity index (χ1) is 25.7. The largest absolute Gasteiger partial charge is 0.494 e. The molecule has 14 nitrogen and oxygen atoms in total. The molecule has 2 aromatic heterocycles. The molecule has 3 N–H and O–H groups in total. The van der Waals surface area contributed by atoms with Gasteiger partial charge in [-0.25, -0.2) is 4.98 Å². The maximum atomic E-state index is 6.15. The van der Waals surface area contributed by atoms with Gasteiger partial charge >= 0.3 is 8.60 Å². The SMILES string of the molecule is COc1cc(N2CCN(C3CCN(C4CNC4)CC3)CC2)c(-c2cnn(C)c2)cc1Nc1ncc(Br)c(Nc2ccc(C)c(C)c2OP(OC)OC)n1. The van der Waals surface area contributed by atoms with Gasteiger partial charge in [-0.2, -0.15) is 10.1 Å². The summed E-state index contributed by atoms with van der Waals surface area (Å²) in [5.41, 5.74) is 6.74. The zero-order valence-electron chi connectivity index (χ0n) is 31.4. The molecule has 3 fully saturated rings. The number of ether oxygens (including phenoxy) is 1. The highest BCUT2D eigenvalue weighted by atomic mass is 79.9. The summed E-state index contributed by atoms with van der Waals surface area (Å²) in [4.78, 5) is 17.3. The number of hydrogen-bond acceptors (Lipinski definition) is 13. The van der Waals surface area contributed by atoms with Gasteiger partial charge in [0.1, 0.15) is 11.6 Å². The van der Waals surface area contributed by atoms with Crippen LogP contribution in [0.1, 0.15) is 24.0 Å². The van der Waals surface area contributed by atoms with Crippen molar-refractivity contribution in [3.05, 3.63) is 58.5 Å². The van der Waals surface area contributed by atoms with E-state index in [1.807, 2.05) is 43.9 Å². The lowest BCUT2D eigenvalue weighted by molar-refractivity contribution is 0.0631. The molecule has 0 unspecified atom stereocenters. The lowest BCUT2D eigenvalue weighted by atomic mass is 9.98. The fourth-order valence-corrected chi connectivity index (χ4v) is 8.33. The molecule has 53 heavy (non-hydrogen) atoms. The van der Waals surface area contributed by atoms with Crippen LogP contribution >= 0.6 is 24.5 Å². The van der Waals surface area contributed by atoms with Crippen LogP contribution in [0.4, 0.5) is 28.8 Å². The summed E-state index contributed by atoms with van der Waals surface area (Å²) in [6.45, 7) is 12.7. The Morgan fingerprint density at radius 3 is 2.26 bits per heavy atom. The number of halogens is 1. The molecule has 0 radical (unpaired) electrons. The van der Waals surface area contributed by atoms with Crippen molar-refractivity contribution in [3.8, 4) is 22.6 Å². The molecule has 284 valence electrons. The number of nitrogens with one attached hydrogen (secondary N) is 3. The third-order valence-electron chi connectivity index (χ3n) is 10.7. The van der Waals surface area contributed by atoms with E-state index in [4.69, 9.17) is 23.3 Å². The van der Waals surface area contributed by atoms with E-state index in [1.165, 1.54) is 25.9 Å². The Bertz CT molecular complexity index is 1870. The highest BCUT2D eigenvalue weighted by Gasteiger charge is 2.32. The topological polar surface area (TPSA) is 126 Å². The van der Waals surface area contributed by atoms with Gasteiger partial charge in [0.05, 0.1) is 29.2 Å². The van der Waals surface area contributed by atoms with Crippen molar-refractivity contribution in [2.24, 2.45) is 7.05 Å². The van der Waals surface area contributed by atoms with Crippen molar-refractivity contribution >= 4 is 53.4 Å². The predicted octanol–water partition coefficient (Wildman–Crippen LogP) is 6.21. The molecule has 16 heteroatoms. The van der Waals surface area contributed by atoms with Crippen molar-refractivity contribution in [2.45, 2.75) is 38.8 Å². The fraction of sp³-hybridized carbons (Fsp3) is 0.486. The van der Waals surface area contributed by atoms with Crippen molar-refractivity contribution in [2.75, 3.05) is 89.2 Å². The Hall–Kier alpha value is -3.56. The van der Waals surface area contributed by atoms with Crippen LogP contribution in [0, 0.1) is 13.8 Å². The lowest BCUT2D eigenvalue weighted by Gasteiger charge is -2.46. The Morgan fingerprint density at radius 1 is 0.887 bits per heavy atom. The molecule has 3 saturated heterocycles. The normalized spacial score (nSPS) is 17.6. The van der Waals surface area contributed by atoms with Crippen molar-refractivity contribution in [1.29, 1.82) is 0 Å². The van der Waals surface area contributed by atoms with Crippen LogP contribution < -0.4 is 30.1 Å². The minimum Gasteiger partial charge on any atom is -0.494 e. The average Bonchev–Trinajstić information content (AvgIpc) is 3.59. The van der Waals surface area contributed by atoms with E-state index in [2.05, 4.69) is 75.0 Å². The number of piperazine rings is 1. The highest BCUT2D eigenvalue weighted by Crippen LogP contribution is 2.45.